The summed E-state index contributed by atoms with van der Waals surface area (Å²) in [7, 11) is 1.16. The Kier molecular flexibility index (Phi) is 3.01. The second kappa shape index (κ2) is 4.64. The van der Waals surface area contributed by atoms with Gasteiger partial charge in [-0.1, -0.05) is 0 Å². The second-order valence-electron chi connectivity index (χ2n) is 3.19. The molecule has 2 aromatic rings. The Morgan fingerprint density at radius 1 is 1.47 bits per heavy atom. The third-order valence-corrected chi connectivity index (χ3v) is 2.09. The Morgan fingerprint density at radius 3 is 2.84 bits per heavy atom. The molecule has 11 nitrogen and oxygen atoms in total. The molecule has 2 heterocycles. The Labute approximate surface area is 105 Å². The van der Waals surface area contributed by atoms with Gasteiger partial charge in [-0.2, -0.15) is 4.68 Å². The van der Waals surface area contributed by atoms with Crippen LogP contribution in [-0.4, -0.2) is 42.7 Å². The first kappa shape index (κ1) is 12.3. The average Bonchev–Trinajstić information content (AvgIpc) is 2.86. The number of rotatable bonds is 3. The average molecular weight is 265 g/mol. The highest BCUT2D eigenvalue weighted by Crippen LogP contribution is 2.24. The smallest absolute Gasteiger partial charge is 0.377 e. The van der Waals surface area contributed by atoms with Gasteiger partial charge >= 0.3 is 11.7 Å². The molecule has 0 saturated carbocycles. The predicted molar refractivity (Wildman–Crippen MR) is 59.4 cm³/mol. The Morgan fingerprint density at radius 2 is 2.21 bits per heavy atom. The number of nitrogen functional groups attached to an aromatic ring is 1. The maximum atomic E-state index is 11.2. The van der Waals surface area contributed by atoms with Crippen LogP contribution in [-0.2, 0) is 4.74 Å². The van der Waals surface area contributed by atoms with Crippen LogP contribution in [0, 0.1) is 10.1 Å². The van der Waals surface area contributed by atoms with E-state index in [1.165, 1.54) is 0 Å². The molecule has 0 bridgehead atoms. The van der Waals surface area contributed by atoms with Crippen molar-refractivity contribution in [2.75, 3.05) is 12.8 Å². The Hall–Kier alpha value is -3.11. The van der Waals surface area contributed by atoms with E-state index >= 15 is 0 Å². The fraction of sp³-hybridized carbons (Fsp3) is 0.125. The van der Waals surface area contributed by atoms with E-state index in [0.717, 1.165) is 24.4 Å². The minimum Gasteiger partial charge on any atom is -0.463 e. The van der Waals surface area contributed by atoms with Crippen molar-refractivity contribution in [3.8, 4) is 5.82 Å². The van der Waals surface area contributed by atoms with E-state index in [-0.39, 0.29) is 17.5 Å². The highest BCUT2D eigenvalue weighted by atomic mass is 16.6. The number of nitrogens with zero attached hydrogens (tertiary/aromatic N) is 6. The van der Waals surface area contributed by atoms with Crippen molar-refractivity contribution < 1.29 is 14.5 Å². The normalized spacial score (nSPS) is 10.2. The van der Waals surface area contributed by atoms with Crippen LogP contribution in [0.25, 0.3) is 5.82 Å². The lowest BCUT2D eigenvalue weighted by Gasteiger charge is -2.01. The molecule has 11 heteroatoms. The van der Waals surface area contributed by atoms with Gasteiger partial charge in [-0.25, -0.2) is 19.7 Å². The van der Waals surface area contributed by atoms with Crippen LogP contribution in [0.3, 0.4) is 0 Å². The summed E-state index contributed by atoms with van der Waals surface area (Å²) in [5.74, 6) is -1.54. The molecule has 0 aliphatic carbocycles. The van der Waals surface area contributed by atoms with Crippen LogP contribution >= 0.6 is 0 Å². The summed E-state index contributed by atoms with van der Waals surface area (Å²) in [6.45, 7) is 0. The maximum absolute atomic E-state index is 11.2. The lowest BCUT2D eigenvalue weighted by molar-refractivity contribution is -0.384. The van der Waals surface area contributed by atoms with Crippen molar-refractivity contribution in [2.24, 2.45) is 0 Å². The standard InChI is InChI=1S/C8H7N7O4/c1-19-8(16)6-12-3-14(13-6)7-4(15(17)18)5(9)10-2-11-7/h2-3H,1H3,(H2,9,10,11). The minimum absolute atomic E-state index is 0.194. The molecule has 2 aromatic heterocycles. The number of esters is 1. The zero-order valence-corrected chi connectivity index (χ0v) is 9.55. The van der Waals surface area contributed by atoms with Gasteiger partial charge in [0.15, 0.2) is 0 Å². The van der Waals surface area contributed by atoms with Gasteiger partial charge in [-0.3, -0.25) is 10.1 Å². The van der Waals surface area contributed by atoms with Gasteiger partial charge in [-0.15, -0.1) is 5.10 Å². The molecule has 0 unspecified atom stereocenters. The SMILES string of the molecule is COC(=O)c1ncn(-c2ncnc(N)c2[N+](=O)[O-])n1. The van der Waals surface area contributed by atoms with Gasteiger partial charge in [0.1, 0.15) is 12.7 Å². The van der Waals surface area contributed by atoms with E-state index in [1.807, 2.05) is 0 Å². The molecule has 0 atom stereocenters. The molecule has 2 N–H and O–H groups in total. The van der Waals surface area contributed by atoms with E-state index in [0.29, 0.717) is 0 Å². The summed E-state index contributed by atoms with van der Waals surface area (Å²) in [5.41, 5.74) is 4.88. The number of carbonyl (C=O) groups is 1. The van der Waals surface area contributed by atoms with Crippen molar-refractivity contribution >= 4 is 17.5 Å². The van der Waals surface area contributed by atoms with Gasteiger partial charge < -0.3 is 10.5 Å². The highest BCUT2D eigenvalue weighted by Gasteiger charge is 2.24. The molecule has 0 aromatic carbocycles. The molecule has 0 amide bonds. The van der Waals surface area contributed by atoms with Gasteiger partial charge in [0.25, 0.3) is 5.82 Å². The number of aromatic nitrogens is 5. The van der Waals surface area contributed by atoms with E-state index < -0.39 is 16.6 Å². The third kappa shape index (κ3) is 2.15. The van der Waals surface area contributed by atoms with Crippen LogP contribution in [0.2, 0.25) is 0 Å². The maximum Gasteiger partial charge on any atom is 0.377 e. The summed E-state index contributed by atoms with van der Waals surface area (Å²) >= 11 is 0. The number of hydrogen-bond acceptors (Lipinski definition) is 9. The Bertz CT molecular complexity index is 652. The van der Waals surface area contributed by atoms with E-state index in [1.54, 1.807) is 0 Å². The second-order valence-corrected chi connectivity index (χ2v) is 3.19. The van der Waals surface area contributed by atoms with Crippen molar-refractivity contribution in [3.05, 3.63) is 28.6 Å². The lowest BCUT2D eigenvalue weighted by atomic mass is 10.4. The third-order valence-electron chi connectivity index (χ3n) is 2.09. The number of carbonyl (C=O) groups excluding carboxylic acids is 1. The van der Waals surface area contributed by atoms with Gasteiger partial charge in [0.05, 0.1) is 12.0 Å². The first-order valence-electron chi connectivity index (χ1n) is 4.79. The number of methoxy groups -OCH3 is 1. The molecular formula is C8H7N7O4. The molecule has 0 aliphatic rings. The summed E-state index contributed by atoms with van der Waals surface area (Å²) in [6.07, 6.45) is 2.12. The molecule has 0 fully saturated rings. The van der Waals surface area contributed by atoms with Crippen LogP contribution in [0.5, 0.6) is 0 Å². The summed E-state index contributed by atoms with van der Waals surface area (Å²) in [4.78, 5) is 32.2. The number of ether oxygens (including phenoxy) is 1. The Balaban J connectivity index is 2.53. The summed E-state index contributed by atoms with van der Waals surface area (Å²) in [6, 6.07) is 0. The lowest BCUT2D eigenvalue weighted by Crippen LogP contribution is -2.09. The number of nitrogens with two attached hydrogens (primary N) is 1. The summed E-state index contributed by atoms with van der Waals surface area (Å²) < 4.78 is 5.37. The van der Waals surface area contributed by atoms with E-state index in [9.17, 15) is 14.9 Å². The molecular weight excluding hydrogens is 258 g/mol. The van der Waals surface area contributed by atoms with Crippen molar-refractivity contribution in [1.82, 2.24) is 24.7 Å². The zero-order valence-electron chi connectivity index (χ0n) is 9.55. The number of hydrogen-bond donors (Lipinski definition) is 1. The van der Waals surface area contributed by atoms with Gasteiger partial charge in [0.2, 0.25) is 11.6 Å². The highest BCUT2D eigenvalue weighted by molar-refractivity contribution is 5.84. The van der Waals surface area contributed by atoms with Gasteiger partial charge in [0, 0.05) is 0 Å². The van der Waals surface area contributed by atoms with Crippen molar-refractivity contribution in [3.63, 3.8) is 0 Å². The molecule has 0 radical (unpaired) electrons. The first-order chi connectivity index (χ1) is 9.04. The van der Waals surface area contributed by atoms with Crippen LogP contribution in [0.15, 0.2) is 12.7 Å². The number of anilines is 1. The zero-order chi connectivity index (χ0) is 14.0. The molecule has 2 rings (SSSR count). The van der Waals surface area contributed by atoms with Crippen molar-refractivity contribution in [1.29, 1.82) is 0 Å². The van der Waals surface area contributed by atoms with E-state index in [4.69, 9.17) is 5.73 Å². The van der Waals surface area contributed by atoms with Crippen LogP contribution in [0.1, 0.15) is 10.6 Å². The van der Waals surface area contributed by atoms with Gasteiger partial charge in [-0.05, 0) is 0 Å². The van der Waals surface area contributed by atoms with E-state index in [2.05, 4.69) is 24.8 Å². The fourth-order valence-electron chi connectivity index (χ4n) is 1.28. The molecule has 19 heavy (non-hydrogen) atoms. The predicted octanol–water partition coefficient (Wildman–Crippen LogP) is -0.666. The quantitative estimate of drug-likeness (QED) is 0.432. The molecule has 0 spiro atoms. The van der Waals surface area contributed by atoms with Crippen LogP contribution < -0.4 is 5.73 Å². The van der Waals surface area contributed by atoms with Crippen LogP contribution in [0.4, 0.5) is 11.5 Å². The molecule has 0 saturated heterocycles. The molecule has 0 aliphatic heterocycles. The largest absolute Gasteiger partial charge is 0.463 e. The number of nitro groups is 1. The summed E-state index contributed by atoms with van der Waals surface area (Å²) in [5, 5.41) is 14.6. The topological polar surface area (TPSA) is 152 Å². The van der Waals surface area contributed by atoms with Crippen molar-refractivity contribution in [2.45, 2.75) is 0 Å². The minimum atomic E-state index is -0.775. The first-order valence-corrected chi connectivity index (χ1v) is 4.79. The monoisotopic (exact) mass is 265 g/mol. The fourth-order valence-corrected chi connectivity index (χ4v) is 1.28. The molecule has 98 valence electrons.